The topological polar surface area (TPSA) is 88.3 Å². The largest absolute Gasteiger partial charge is 0.444 e. The van der Waals surface area contributed by atoms with Gasteiger partial charge in [0.2, 0.25) is 0 Å². The summed E-state index contributed by atoms with van der Waals surface area (Å²) >= 11 is 0. The first-order valence-electron chi connectivity index (χ1n) is 12.6. The highest BCUT2D eigenvalue weighted by molar-refractivity contribution is 5.68. The van der Waals surface area contributed by atoms with Crippen molar-refractivity contribution in [1.29, 1.82) is 0 Å². The molecule has 0 aromatic rings. The summed E-state index contributed by atoms with van der Waals surface area (Å²) in [5.41, 5.74) is 4.60. The smallest absolute Gasteiger partial charge is 0.410 e. The van der Waals surface area contributed by atoms with Crippen LogP contribution in [0.5, 0.6) is 0 Å². The highest BCUT2D eigenvalue weighted by atomic mass is 16.6. The van der Waals surface area contributed by atoms with Gasteiger partial charge in [-0.1, -0.05) is 6.92 Å². The van der Waals surface area contributed by atoms with Crippen LogP contribution in [0.4, 0.5) is 9.59 Å². The Labute approximate surface area is 203 Å². The van der Waals surface area contributed by atoms with Crippen LogP contribution in [0.1, 0.15) is 87.5 Å². The average Bonchev–Trinajstić information content (AvgIpc) is 2.66. The predicted molar refractivity (Wildman–Crippen MR) is 136 cm³/mol. The van der Waals surface area contributed by atoms with Gasteiger partial charge in [-0.2, -0.15) is 0 Å². The van der Waals surface area contributed by atoms with E-state index in [1.54, 1.807) is 4.90 Å². The molecule has 0 saturated carbocycles. The monoisotopic (exact) mass is 472 g/mol. The number of hydrogen-bond donors (Lipinski definition) is 1. The van der Waals surface area contributed by atoms with Crippen LogP contribution in [-0.4, -0.2) is 90.4 Å². The van der Waals surface area contributed by atoms with Gasteiger partial charge < -0.3 is 29.9 Å². The predicted octanol–water partition coefficient (Wildman–Crippen LogP) is 4.71. The van der Waals surface area contributed by atoms with E-state index in [0.717, 1.165) is 64.8 Å². The summed E-state index contributed by atoms with van der Waals surface area (Å²) in [5, 5.41) is 0. The molecule has 33 heavy (non-hydrogen) atoms. The van der Waals surface area contributed by atoms with E-state index in [4.69, 9.17) is 15.2 Å². The van der Waals surface area contributed by atoms with Gasteiger partial charge in [-0.05, 0) is 101 Å². The fourth-order valence-electron chi connectivity index (χ4n) is 3.26. The zero-order valence-corrected chi connectivity index (χ0v) is 22.9. The maximum absolute atomic E-state index is 12.0. The Hall–Kier alpha value is -1.54. The van der Waals surface area contributed by atoms with Crippen LogP contribution in [0.15, 0.2) is 0 Å². The zero-order valence-electron chi connectivity index (χ0n) is 22.9. The lowest BCUT2D eigenvalue weighted by atomic mass is 10.1. The third kappa shape index (κ3) is 15.8. The van der Waals surface area contributed by atoms with E-state index in [9.17, 15) is 9.59 Å². The van der Waals surface area contributed by atoms with Crippen LogP contribution in [0.25, 0.3) is 0 Å². The zero-order chi connectivity index (χ0) is 25.7. The molecule has 1 rings (SSSR count). The Bertz CT molecular complexity index is 558. The van der Waals surface area contributed by atoms with Crippen molar-refractivity contribution in [1.82, 2.24) is 14.7 Å². The van der Waals surface area contributed by atoms with Crippen LogP contribution in [0, 0.1) is 0 Å². The van der Waals surface area contributed by atoms with Crippen molar-refractivity contribution in [2.45, 2.75) is 105 Å². The van der Waals surface area contributed by atoms with Gasteiger partial charge in [-0.15, -0.1) is 0 Å². The van der Waals surface area contributed by atoms with Crippen molar-refractivity contribution in [2.24, 2.45) is 5.73 Å². The molecule has 8 heteroatoms. The van der Waals surface area contributed by atoms with Gasteiger partial charge in [0.25, 0.3) is 0 Å². The first-order valence-corrected chi connectivity index (χ1v) is 12.6. The molecule has 2 amide bonds. The molecular formula is C25H52N4O4. The van der Waals surface area contributed by atoms with E-state index in [0.29, 0.717) is 12.6 Å². The molecule has 2 N–H and O–H groups in total. The lowest BCUT2D eigenvalue weighted by Crippen LogP contribution is -2.47. The first kappa shape index (κ1) is 31.5. The van der Waals surface area contributed by atoms with Crippen LogP contribution in [0.2, 0.25) is 0 Å². The van der Waals surface area contributed by atoms with Gasteiger partial charge in [-0.3, -0.25) is 0 Å². The van der Waals surface area contributed by atoms with Crippen LogP contribution in [0.3, 0.4) is 0 Å². The van der Waals surface area contributed by atoms with E-state index in [1.807, 2.05) is 46.4 Å². The van der Waals surface area contributed by atoms with Gasteiger partial charge in [0.1, 0.15) is 11.2 Å². The number of amides is 2. The van der Waals surface area contributed by atoms with Crippen LogP contribution >= 0.6 is 0 Å². The molecule has 0 aromatic carbocycles. The van der Waals surface area contributed by atoms with Crippen LogP contribution in [-0.2, 0) is 9.47 Å². The first-order chi connectivity index (χ1) is 15.2. The fourth-order valence-corrected chi connectivity index (χ4v) is 3.26. The van der Waals surface area contributed by atoms with Gasteiger partial charge >= 0.3 is 12.2 Å². The van der Waals surface area contributed by atoms with Gasteiger partial charge in [0.15, 0.2) is 0 Å². The number of rotatable bonds is 6. The van der Waals surface area contributed by atoms with Crippen molar-refractivity contribution in [3.63, 3.8) is 0 Å². The molecule has 1 aliphatic heterocycles. The molecule has 1 aliphatic rings. The number of nitrogens with zero attached hydrogens (tertiary/aromatic N) is 3. The molecular weight excluding hydrogens is 420 g/mol. The number of unbranched alkanes of at least 4 members (excludes halogenated alkanes) is 1. The summed E-state index contributed by atoms with van der Waals surface area (Å²) in [6, 6.07) is 0.391. The van der Waals surface area contributed by atoms with Gasteiger partial charge in [0, 0.05) is 32.2 Å². The Morgan fingerprint density at radius 2 is 1.55 bits per heavy atom. The quantitative estimate of drug-likeness (QED) is 0.563. The summed E-state index contributed by atoms with van der Waals surface area (Å²) in [5.74, 6) is 0. The van der Waals surface area contributed by atoms with Crippen molar-refractivity contribution in [3.8, 4) is 0 Å². The number of nitrogens with two attached hydrogens (primary N) is 1. The molecule has 1 atom stereocenters. The number of ether oxygens (including phenoxy) is 2. The highest BCUT2D eigenvalue weighted by Crippen LogP contribution is 2.14. The molecule has 0 unspecified atom stereocenters. The summed E-state index contributed by atoms with van der Waals surface area (Å²) in [6.07, 6.45) is 4.63. The maximum atomic E-state index is 12.0. The molecule has 0 radical (unpaired) electrons. The highest BCUT2D eigenvalue weighted by Gasteiger charge is 2.25. The molecule has 1 heterocycles. The van der Waals surface area contributed by atoms with Crippen molar-refractivity contribution >= 4 is 12.2 Å². The van der Waals surface area contributed by atoms with Crippen molar-refractivity contribution < 1.29 is 19.1 Å². The van der Waals surface area contributed by atoms with Gasteiger partial charge in [0.05, 0.1) is 0 Å². The lowest BCUT2D eigenvalue weighted by molar-refractivity contribution is 0.0175. The van der Waals surface area contributed by atoms with Gasteiger partial charge in [-0.25, -0.2) is 9.59 Å². The van der Waals surface area contributed by atoms with E-state index >= 15 is 0 Å². The Balaban J connectivity index is 0.000000622. The second kappa shape index (κ2) is 15.4. The van der Waals surface area contributed by atoms with E-state index in [-0.39, 0.29) is 12.2 Å². The second-order valence-corrected chi connectivity index (χ2v) is 10.9. The average molecular weight is 473 g/mol. The molecule has 0 spiro atoms. The normalized spacial score (nSPS) is 17.9. The molecule has 8 nitrogen and oxygen atoms in total. The molecule has 1 saturated heterocycles. The lowest BCUT2D eigenvalue weighted by Gasteiger charge is -2.34. The summed E-state index contributed by atoms with van der Waals surface area (Å²) < 4.78 is 10.8. The Morgan fingerprint density at radius 1 is 0.970 bits per heavy atom. The second-order valence-electron chi connectivity index (χ2n) is 10.9. The number of carbonyl (C=O) groups excluding carboxylic acids is 2. The Morgan fingerprint density at radius 3 is 2.06 bits per heavy atom. The van der Waals surface area contributed by atoms with Crippen molar-refractivity contribution in [2.75, 3.05) is 46.3 Å². The molecule has 0 bridgehead atoms. The SMILES string of the molecule is CCCN(CCCCN)C(=O)OC(C)(C)C.C[C@@H]1CN(C(=O)OC(C)(C)C)CCCCN1C. The third-order valence-corrected chi connectivity index (χ3v) is 5.10. The molecule has 0 aromatic heterocycles. The van der Waals surface area contributed by atoms with E-state index in [1.165, 1.54) is 0 Å². The van der Waals surface area contributed by atoms with Crippen molar-refractivity contribution in [3.05, 3.63) is 0 Å². The number of hydrogen-bond acceptors (Lipinski definition) is 6. The molecule has 0 aliphatic carbocycles. The summed E-state index contributed by atoms with van der Waals surface area (Å²) in [6.45, 7) is 20.4. The summed E-state index contributed by atoms with van der Waals surface area (Å²) in [7, 11) is 2.11. The minimum Gasteiger partial charge on any atom is -0.444 e. The van der Waals surface area contributed by atoms with E-state index < -0.39 is 11.2 Å². The number of likely N-dealkylation sites (N-methyl/N-ethyl adjacent to an activating group) is 1. The minimum atomic E-state index is -0.420. The Kier molecular flexibility index (Phi) is 14.7. The molecule has 196 valence electrons. The summed E-state index contributed by atoms with van der Waals surface area (Å²) in [4.78, 5) is 29.7. The minimum absolute atomic E-state index is 0.181. The standard InChI is InChI=1S/C13H26N2O2.C12H26N2O2/c1-11-10-15(9-7-6-8-14(11)5)12(16)17-13(2,3)4;1-5-9-14(10-7-6-8-13)11(15)16-12(2,3)4/h11H,6-10H2,1-5H3;5-10,13H2,1-4H3/t11-;/m1./s1. The van der Waals surface area contributed by atoms with Crippen LogP contribution < -0.4 is 5.73 Å². The third-order valence-electron chi connectivity index (χ3n) is 5.10. The number of carbonyl (C=O) groups is 2. The molecule has 1 fully saturated rings. The maximum Gasteiger partial charge on any atom is 0.410 e. The fraction of sp³-hybridized carbons (Fsp3) is 0.920. The van der Waals surface area contributed by atoms with E-state index in [2.05, 4.69) is 25.8 Å².